The van der Waals surface area contributed by atoms with Gasteiger partial charge in [-0.05, 0) is 72.0 Å². The minimum Gasteiger partial charge on any atom is -0.398 e. The van der Waals surface area contributed by atoms with E-state index in [4.69, 9.17) is 11.5 Å². The van der Waals surface area contributed by atoms with Gasteiger partial charge in [0.05, 0.1) is 0 Å². The molecule has 0 aliphatic carbocycles. The van der Waals surface area contributed by atoms with E-state index < -0.39 is 0 Å². The largest absolute Gasteiger partial charge is 0.398 e. The van der Waals surface area contributed by atoms with Crippen LogP contribution in [0.3, 0.4) is 0 Å². The second-order valence-corrected chi connectivity index (χ2v) is 6.90. The summed E-state index contributed by atoms with van der Waals surface area (Å²) in [6.45, 7) is 6.25. The molecule has 4 rings (SSSR count). The first-order valence-corrected chi connectivity index (χ1v) is 8.55. The van der Waals surface area contributed by atoms with Crippen LogP contribution in [0.5, 0.6) is 0 Å². The molecule has 0 radical (unpaired) electrons. The van der Waals surface area contributed by atoms with Crippen molar-refractivity contribution in [3.05, 3.63) is 71.3 Å². The van der Waals surface area contributed by atoms with E-state index in [-0.39, 0.29) is 0 Å². The van der Waals surface area contributed by atoms with Crippen LogP contribution in [0, 0.1) is 20.8 Å². The van der Waals surface area contributed by atoms with Gasteiger partial charge in [0.1, 0.15) is 0 Å². The molecule has 0 fully saturated rings. The molecule has 2 heteroatoms. The maximum Gasteiger partial charge on any atom is 0.0423 e. The van der Waals surface area contributed by atoms with Crippen molar-refractivity contribution in [2.45, 2.75) is 20.8 Å². The van der Waals surface area contributed by atoms with Gasteiger partial charge in [0.2, 0.25) is 0 Å². The molecule has 0 spiro atoms. The maximum atomic E-state index is 6.38. The average molecular weight is 326 g/mol. The van der Waals surface area contributed by atoms with Crippen LogP contribution in [-0.4, -0.2) is 0 Å². The Labute approximate surface area is 148 Å². The number of hydrogen-bond donors (Lipinski definition) is 2. The Morgan fingerprint density at radius 2 is 1.08 bits per heavy atom. The normalized spacial score (nSPS) is 11.3. The lowest BCUT2D eigenvalue weighted by Crippen LogP contribution is -1.97. The zero-order valence-corrected chi connectivity index (χ0v) is 14.9. The summed E-state index contributed by atoms with van der Waals surface area (Å²) in [6, 6.07) is 19.2. The predicted molar refractivity (Wildman–Crippen MR) is 110 cm³/mol. The van der Waals surface area contributed by atoms with Crippen molar-refractivity contribution in [1.29, 1.82) is 0 Å². The highest BCUT2D eigenvalue weighted by molar-refractivity contribution is 6.11. The van der Waals surface area contributed by atoms with Gasteiger partial charge in [-0.3, -0.25) is 0 Å². The first-order valence-electron chi connectivity index (χ1n) is 8.55. The number of rotatable bonds is 1. The summed E-state index contributed by atoms with van der Waals surface area (Å²) in [6.07, 6.45) is 0. The van der Waals surface area contributed by atoms with E-state index in [1.54, 1.807) is 0 Å². The smallest absolute Gasteiger partial charge is 0.0423 e. The Balaban J connectivity index is 2.18. The minimum absolute atomic E-state index is 0.853. The predicted octanol–water partition coefficient (Wildman–Crippen LogP) is 5.75. The van der Waals surface area contributed by atoms with Gasteiger partial charge < -0.3 is 11.5 Å². The fraction of sp³-hybridized carbons (Fsp3) is 0.130. The number of nitrogens with two attached hydrogens (primary N) is 2. The highest BCUT2D eigenvalue weighted by Gasteiger charge is 2.14. The fourth-order valence-electron chi connectivity index (χ4n) is 3.68. The molecular formula is C23H22N2. The molecule has 4 aromatic carbocycles. The maximum absolute atomic E-state index is 6.38. The van der Waals surface area contributed by atoms with Gasteiger partial charge in [-0.25, -0.2) is 0 Å². The van der Waals surface area contributed by atoms with E-state index in [0.29, 0.717) is 0 Å². The van der Waals surface area contributed by atoms with Crippen LogP contribution in [0.15, 0.2) is 54.6 Å². The van der Waals surface area contributed by atoms with Crippen LogP contribution in [-0.2, 0) is 0 Å². The summed E-state index contributed by atoms with van der Waals surface area (Å²) in [7, 11) is 0. The van der Waals surface area contributed by atoms with Gasteiger partial charge in [0.15, 0.2) is 0 Å². The summed E-state index contributed by atoms with van der Waals surface area (Å²) in [4.78, 5) is 0. The van der Waals surface area contributed by atoms with Crippen LogP contribution < -0.4 is 11.5 Å². The summed E-state index contributed by atoms with van der Waals surface area (Å²) < 4.78 is 0. The molecule has 124 valence electrons. The SMILES string of the molecule is Cc1ccc2c(-c3cc(C)c(N)c4ccccc34)cc(C)c(N)c2c1. The fourth-order valence-corrected chi connectivity index (χ4v) is 3.68. The van der Waals surface area contributed by atoms with Gasteiger partial charge in [-0.15, -0.1) is 0 Å². The number of hydrogen-bond acceptors (Lipinski definition) is 2. The first kappa shape index (κ1) is 15.5. The Bertz CT molecular complexity index is 1140. The quantitative estimate of drug-likeness (QED) is 0.438. The monoisotopic (exact) mass is 326 g/mol. The van der Waals surface area contributed by atoms with Crippen molar-refractivity contribution in [2.24, 2.45) is 0 Å². The van der Waals surface area contributed by atoms with Crippen LogP contribution in [0.4, 0.5) is 11.4 Å². The molecule has 0 heterocycles. The molecule has 2 nitrogen and oxygen atoms in total. The second-order valence-electron chi connectivity index (χ2n) is 6.90. The summed E-state index contributed by atoms with van der Waals surface area (Å²) in [5.41, 5.74) is 20.3. The molecule has 4 N–H and O–H groups in total. The summed E-state index contributed by atoms with van der Waals surface area (Å²) in [5.74, 6) is 0. The number of aryl methyl sites for hydroxylation is 3. The molecule has 25 heavy (non-hydrogen) atoms. The first-order chi connectivity index (χ1) is 12.0. The Hall–Kier alpha value is -3.00. The molecule has 0 aromatic heterocycles. The standard InChI is InChI=1S/C23H22N2/c1-13-8-9-17-20(12-15(3)23(25)21(17)10-13)19-11-14(2)22(24)18-7-5-4-6-16(18)19/h4-12H,24-25H2,1-3H3. The molecule has 0 saturated carbocycles. The topological polar surface area (TPSA) is 52.0 Å². The van der Waals surface area contributed by atoms with E-state index in [1.807, 2.05) is 6.07 Å². The van der Waals surface area contributed by atoms with Crippen molar-refractivity contribution in [2.75, 3.05) is 11.5 Å². The zero-order valence-electron chi connectivity index (χ0n) is 14.9. The molecule has 0 unspecified atom stereocenters. The molecule has 0 bridgehead atoms. The van der Waals surface area contributed by atoms with E-state index in [1.165, 1.54) is 27.5 Å². The molecule has 0 amide bonds. The molecule has 0 atom stereocenters. The number of anilines is 2. The van der Waals surface area contributed by atoms with Gasteiger partial charge in [-0.2, -0.15) is 0 Å². The molecular weight excluding hydrogens is 304 g/mol. The van der Waals surface area contributed by atoms with Crippen LogP contribution >= 0.6 is 0 Å². The number of benzene rings is 4. The van der Waals surface area contributed by atoms with Gasteiger partial charge in [0, 0.05) is 22.1 Å². The van der Waals surface area contributed by atoms with Gasteiger partial charge >= 0.3 is 0 Å². The lowest BCUT2D eigenvalue weighted by Gasteiger charge is -2.17. The Kier molecular flexibility index (Phi) is 3.43. The Morgan fingerprint density at radius 1 is 0.560 bits per heavy atom. The lowest BCUT2D eigenvalue weighted by molar-refractivity contribution is 1.46. The van der Waals surface area contributed by atoms with Gasteiger partial charge in [-0.1, -0.05) is 42.0 Å². The van der Waals surface area contributed by atoms with Crippen LogP contribution in [0.2, 0.25) is 0 Å². The number of nitrogen functional groups attached to an aromatic ring is 2. The molecule has 4 aromatic rings. The third kappa shape index (κ3) is 2.33. The van der Waals surface area contributed by atoms with E-state index >= 15 is 0 Å². The second kappa shape index (κ2) is 5.52. The Morgan fingerprint density at radius 3 is 1.72 bits per heavy atom. The highest BCUT2D eigenvalue weighted by atomic mass is 14.6. The minimum atomic E-state index is 0.853. The molecule has 0 saturated heterocycles. The summed E-state index contributed by atoms with van der Waals surface area (Å²) >= 11 is 0. The van der Waals surface area contributed by atoms with E-state index in [0.717, 1.165) is 33.3 Å². The summed E-state index contributed by atoms with van der Waals surface area (Å²) in [5, 5.41) is 4.58. The van der Waals surface area contributed by atoms with Crippen molar-refractivity contribution < 1.29 is 0 Å². The van der Waals surface area contributed by atoms with Crippen LogP contribution in [0.25, 0.3) is 32.7 Å². The van der Waals surface area contributed by atoms with Gasteiger partial charge in [0.25, 0.3) is 0 Å². The van der Waals surface area contributed by atoms with Crippen molar-refractivity contribution in [1.82, 2.24) is 0 Å². The molecule has 0 aliphatic heterocycles. The van der Waals surface area contributed by atoms with Crippen molar-refractivity contribution in [3.63, 3.8) is 0 Å². The van der Waals surface area contributed by atoms with E-state index in [2.05, 4.69) is 69.3 Å². The third-order valence-corrected chi connectivity index (χ3v) is 5.12. The van der Waals surface area contributed by atoms with E-state index in [9.17, 15) is 0 Å². The number of fused-ring (bicyclic) bond motifs is 2. The zero-order chi connectivity index (χ0) is 17.7. The molecule has 0 aliphatic rings. The van der Waals surface area contributed by atoms with Crippen molar-refractivity contribution >= 4 is 32.9 Å². The van der Waals surface area contributed by atoms with Crippen LogP contribution in [0.1, 0.15) is 16.7 Å². The van der Waals surface area contributed by atoms with Crippen molar-refractivity contribution in [3.8, 4) is 11.1 Å². The average Bonchev–Trinajstić information content (AvgIpc) is 2.61. The lowest BCUT2D eigenvalue weighted by atomic mass is 9.89. The third-order valence-electron chi connectivity index (χ3n) is 5.12. The highest BCUT2D eigenvalue weighted by Crippen LogP contribution is 2.40.